The number of anilines is 1. The molecule has 1 N–H and O–H groups in total. The molecule has 0 heterocycles. The maximum absolute atomic E-state index is 13.3. The summed E-state index contributed by atoms with van der Waals surface area (Å²) in [5, 5.41) is 2.89. The Balaban J connectivity index is 1.87. The van der Waals surface area contributed by atoms with E-state index in [4.69, 9.17) is 4.74 Å². The molecule has 7 heteroatoms. The van der Waals surface area contributed by atoms with Crippen LogP contribution in [0, 0.1) is 6.92 Å². The first-order chi connectivity index (χ1) is 14.8. The lowest BCUT2D eigenvalue weighted by atomic mass is 10.1. The molecule has 1 atom stereocenters. The van der Waals surface area contributed by atoms with Gasteiger partial charge in [0, 0.05) is 0 Å². The second-order valence-corrected chi connectivity index (χ2v) is 9.08. The standard InChI is InChI=1S/C24H26N2O4S/c1-18-9-11-20(12-10-18)19(2)25-24(27)17-26(21-13-15-22(30-3)16-14-21)31(28,29)23-7-5-4-6-8-23/h4-16,19H,17H2,1-3H3,(H,25,27)/t19-/m0/s1. The Labute approximate surface area is 183 Å². The third-order valence-corrected chi connectivity index (χ3v) is 6.72. The highest BCUT2D eigenvalue weighted by Crippen LogP contribution is 2.26. The lowest BCUT2D eigenvalue weighted by Crippen LogP contribution is -2.41. The third kappa shape index (κ3) is 5.44. The summed E-state index contributed by atoms with van der Waals surface area (Å²) in [5.41, 5.74) is 2.45. The summed E-state index contributed by atoms with van der Waals surface area (Å²) in [4.78, 5) is 13.0. The normalized spacial score (nSPS) is 12.1. The summed E-state index contributed by atoms with van der Waals surface area (Å²) in [5.74, 6) is 0.196. The van der Waals surface area contributed by atoms with Crippen molar-refractivity contribution in [1.82, 2.24) is 5.32 Å². The van der Waals surface area contributed by atoms with Gasteiger partial charge in [-0.2, -0.15) is 0 Å². The van der Waals surface area contributed by atoms with Crippen LogP contribution in [0.25, 0.3) is 0 Å². The highest BCUT2D eigenvalue weighted by molar-refractivity contribution is 7.92. The Kier molecular flexibility index (Phi) is 6.97. The fraction of sp³-hybridized carbons (Fsp3) is 0.208. The number of amides is 1. The van der Waals surface area contributed by atoms with Gasteiger partial charge in [-0.05, 0) is 55.8 Å². The molecule has 162 valence electrons. The number of nitrogens with zero attached hydrogens (tertiary/aromatic N) is 1. The summed E-state index contributed by atoms with van der Waals surface area (Å²) < 4.78 is 32.9. The summed E-state index contributed by atoms with van der Waals surface area (Å²) in [7, 11) is -2.41. The van der Waals surface area contributed by atoms with Crippen molar-refractivity contribution in [3.63, 3.8) is 0 Å². The van der Waals surface area contributed by atoms with Crippen molar-refractivity contribution in [3.05, 3.63) is 90.0 Å². The number of hydrogen-bond donors (Lipinski definition) is 1. The van der Waals surface area contributed by atoms with Crippen LogP contribution in [0.5, 0.6) is 5.75 Å². The first-order valence-corrected chi connectivity index (χ1v) is 11.3. The fourth-order valence-electron chi connectivity index (χ4n) is 3.14. The van der Waals surface area contributed by atoms with Crippen molar-refractivity contribution in [3.8, 4) is 5.75 Å². The Bertz CT molecular complexity index is 1110. The van der Waals surface area contributed by atoms with Gasteiger partial charge in [0.25, 0.3) is 10.0 Å². The highest BCUT2D eigenvalue weighted by atomic mass is 32.2. The second kappa shape index (κ2) is 9.66. The zero-order valence-electron chi connectivity index (χ0n) is 17.8. The molecule has 6 nitrogen and oxygen atoms in total. The zero-order chi connectivity index (χ0) is 22.4. The average Bonchev–Trinajstić information content (AvgIpc) is 2.78. The van der Waals surface area contributed by atoms with E-state index in [2.05, 4.69) is 5.32 Å². The molecule has 3 rings (SSSR count). The van der Waals surface area contributed by atoms with Crippen LogP contribution in [0.3, 0.4) is 0 Å². The number of benzene rings is 3. The summed E-state index contributed by atoms with van der Waals surface area (Å²) in [6, 6.07) is 22.2. The Hall–Kier alpha value is -3.32. The molecular weight excluding hydrogens is 412 g/mol. The molecule has 31 heavy (non-hydrogen) atoms. The van der Waals surface area contributed by atoms with Gasteiger partial charge in [0.2, 0.25) is 5.91 Å². The second-order valence-electron chi connectivity index (χ2n) is 7.22. The van der Waals surface area contributed by atoms with Crippen molar-refractivity contribution in [1.29, 1.82) is 0 Å². The number of ether oxygens (including phenoxy) is 1. The van der Waals surface area contributed by atoms with E-state index in [0.29, 0.717) is 11.4 Å². The maximum Gasteiger partial charge on any atom is 0.264 e. The van der Waals surface area contributed by atoms with Crippen LogP contribution in [0.4, 0.5) is 5.69 Å². The number of sulfonamides is 1. The van der Waals surface area contributed by atoms with Gasteiger partial charge < -0.3 is 10.1 Å². The van der Waals surface area contributed by atoms with Crippen LogP contribution in [-0.4, -0.2) is 28.0 Å². The van der Waals surface area contributed by atoms with E-state index >= 15 is 0 Å². The van der Waals surface area contributed by atoms with Gasteiger partial charge in [0.05, 0.1) is 23.7 Å². The number of aryl methyl sites for hydroxylation is 1. The van der Waals surface area contributed by atoms with Gasteiger partial charge in [-0.1, -0.05) is 48.0 Å². The predicted octanol–water partition coefficient (Wildman–Crippen LogP) is 4.08. The molecule has 3 aromatic rings. The summed E-state index contributed by atoms with van der Waals surface area (Å²) >= 11 is 0. The molecule has 0 aliphatic rings. The van der Waals surface area contributed by atoms with E-state index in [1.54, 1.807) is 42.5 Å². The summed E-state index contributed by atoms with van der Waals surface area (Å²) in [6.07, 6.45) is 0. The van der Waals surface area contributed by atoms with Crippen LogP contribution in [0.2, 0.25) is 0 Å². The Morgan fingerprint density at radius 1 is 0.968 bits per heavy atom. The van der Waals surface area contributed by atoms with Gasteiger partial charge in [0.1, 0.15) is 12.3 Å². The number of nitrogens with one attached hydrogen (secondary N) is 1. The minimum atomic E-state index is -3.94. The van der Waals surface area contributed by atoms with Crippen molar-refractivity contribution >= 4 is 21.6 Å². The monoisotopic (exact) mass is 438 g/mol. The van der Waals surface area contributed by atoms with Crippen molar-refractivity contribution in [2.45, 2.75) is 24.8 Å². The van der Waals surface area contributed by atoms with Crippen LogP contribution in [-0.2, 0) is 14.8 Å². The fourth-order valence-corrected chi connectivity index (χ4v) is 4.58. The lowest BCUT2D eigenvalue weighted by molar-refractivity contribution is -0.120. The molecule has 0 spiro atoms. The van der Waals surface area contributed by atoms with Crippen molar-refractivity contribution < 1.29 is 17.9 Å². The largest absolute Gasteiger partial charge is 0.497 e. The molecule has 0 aliphatic heterocycles. The number of methoxy groups -OCH3 is 1. The quantitative estimate of drug-likeness (QED) is 0.575. The van der Waals surface area contributed by atoms with E-state index in [9.17, 15) is 13.2 Å². The molecular formula is C24H26N2O4S. The molecule has 0 fully saturated rings. The predicted molar refractivity (Wildman–Crippen MR) is 122 cm³/mol. The Morgan fingerprint density at radius 2 is 1.58 bits per heavy atom. The Morgan fingerprint density at radius 3 is 2.16 bits per heavy atom. The van der Waals surface area contributed by atoms with Crippen LogP contribution < -0.4 is 14.4 Å². The molecule has 1 amide bonds. The van der Waals surface area contributed by atoms with Gasteiger partial charge in [-0.15, -0.1) is 0 Å². The minimum Gasteiger partial charge on any atom is -0.497 e. The molecule has 0 unspecified atom stereocenters. The molecule has 0 bridgehead atoms. The SMILES string of the molecule is COc1ccc(N(CC(=O)N[C@@H](C)c2ccc(C)cc2)S(=O)(=O)c2ccccc2)cc1. The van der Waals surface area contributed by atoms with Gasteiger partial charge in [-0.25, -0.2) is 8.42 Å². The number of hydrogen-bond acceptors (Lipinski definition) is 4. The van der Waals surface area contributed by atoms with Gasteiger partial charge in [-0.3, -0.25) is 9.10 Å². The smallest absolute Gasteiger partial charge is 0.264 e. The first kappa shape index (κ1) is 22.4. The van der Waals surface area contributed by atoms with Crippen LogP contribution in [0.1, 0.15) is 24.1 Å². The summed E-state index contributed by atoms with van der Waals surface area (Å²) in [6.45, 7) is 3.51. The molecule has 3 aromatic carbocycles. The minimum absolute atomic E-state index is 0.116. The van der Waals surface area contributed by atoms with Crippen molar-refractivity contribution in [2.75, 3.05) is 18.0 Å². The van der Waals surface area contributed by atoms with Crippen LogP contribution >= 0.6 is 0 Å². The van der Waals surface area contributed by atoms with E-state index in [-0.39, 0.29) is 17.5 Å². The first-order valence-electron chi connectivity index (χ1n) is 9.89. The van der Waals surface area contributed by atoms with E-state index < -0.39 is 15.9 Å². The van der Waals surface area contributed by atoms with E-state index in [0.717, 1.165) is 15.4 Å². The molecule has 0 saturated heterocycles. The van der Waals surface area contributed by atoms with E-state index in [1.807, 2.05) is 38.1 Å². The maximum atomic E-state index is 13.3. The van der Waals surface area contributed by atoms with Gasteiger partial charge in [0.15, 0.2) is 0 Å². The molecule has 0 aromatic heterocycles. The number of carbonyl (C=O) groups is 1. The van der Waals surface area contributed by atoms with Crippen LogP contribution in [0.15, 0.2) is 83.8 Å². The topological polar surface area (TPSA) is 75.7 Å². The zero-order valence-corrected chi connectivity index (χ0v) is 18.6. The average molecular weight is 439 g/mol. The third-order valence-electron chi connectivity index (χ3n) is 4.93. The lowest BCUT2D eigenvalue weighted by Gasteiger charge is -2.25. The van der Waals surface area contributed by atoms with Crippen molar-refractivity contribution in [2.24, 2.45) is 0 Å². The number of rotatable bonds is 8. The molecule has 0 saturated carbocycles. The van der Waals surface area contributed by atoms with Gasteiger partial charge >= 0.3 is 0 Å². The molecule has 0 aliphatic carbocycles. The highest BCUT2D eigenvalue weighted by Gasteiger charge is 2.27. The number of carbonyl (C=O) groups excluding carboxylic acids is 1. The van der Waals surface area contributed by atoms with E-state index in [1.165, 1.54) is 19.2 Å². The molecule has 0 radical (unpaired) electrons.